The van der Waals surface area contributed by atoms with Gasteiger partial charge >= 0.3 is 5.97 Å². The number of hydrogen-bond acceptors (Lipinski definition) is 3. The summed E-state index contributed by atoms with van der Waals surface area (Å²) in [7, 11) is 0. The van der Waals surface area contributed by atoms with Gasteiger partial charge in [0.05, 0.1) is 0 Å². The van der Waals surface area contributed by atoms with Gasteiger partial charge in [0, 0.05) is 16.3 Å². The van der Waals surface area contributed by atoms with Crippen molar-refractivity contribution in [3.8, 4) is 0 Å². The second-order valence-corrected chi connectivity index (χ2v) is 5.28. The van der Waals surface area contributed by atoms with Crippen molar-refractivity contribution in [2.75, 3.05) is 0 Å². The molecule has 2 N–H and O–H groups in total. The van der Waals surface area contributed by atoms with Crippen LogP contribution in [0.4, 0.5) is 0 Å². The van der Waals surface area contributed by atoms with Gasteiger partial charge in [-0.2, -0.15) is 0 Å². The summed E-state index contributed by atoms with van der Waals surface area (Å²) in [4.78, 5) is 22.2. The summed E-state index contributed by atoms with van der Waals surface area (Å²) in [5.74, 6) is -1.52. The lowest BCUT2D eigenvalue weighted by molar-refractivity contribution is -0.141. The highest BCUT2D eigenvalue weighted by Gasteiger charge is 2.23. The van der Waals surface area contributed by atoms with Crippen LogP contribution in [0.3, 0.4) is 0 Å². The van der Waals surface area contributed by atoms with Crippen molar-refractivity contribution in [2.45, 2.75) is 13.0 Å². The summed E-state index contributed by atoms with van der Waals surface area (Å²) in [6.45, 7) is 1.26. The first-order chi connectivity index (χ1) is 6.91. The quantitative estimate of drug-likeness (QED) is 0.901. The van der Waals surface area contributed by atoms with Crippen LogP contribution in [0.15, 0.2) is 10.5 Å². The predicted molar refractivity (Wildman–Crippen MR) is 61.2 cm³/mol. The van der Waals surface area contributed by atoms with Gasteiger partial charge in [-0.15, -0.1) is 11.3 Å². The van der Waals surface area contributed by atoms with Gasteiger partial charge in [-0.3, -0.25) is 4.79 Å². The van der Waals surface area contributed by atoms with E-state index in [1.165, 1.54) is 6.92 Å². The number of rotatable bonds is 3. The van der Waals surface area contributed by atoms with Crippen molar-refractivity contribution in [1.29, 1.82) is 0 Å². The number of halogens is 2. The van der Waals surface area contributed by atoms with Crippen molar-refractivity contribution >= 4 is 50.7 Å². The molecule has 0 aromatic carbocycles. The number of carboxylic acids is 1. The molecule has 1 unspecified atom stereocenters. The summed E-state index contributed by atoms with van der Waals surface area (Å²) in [6.07, 6.45) is 0. The number of amides is 1. The molecule has 1 aromatic heterocycles. The van der Waals surface area contributed by atoms with Crippen LogP contribution >= 0.6 is 38.9 Å². The maximum atomic E-state index is 10.9. The summed E-state index contributed by atoms with van der Waals surface area (Å²) in [6, 6.07) is 0.540. The Morgan fingerprint density at radius 3 is 2.60 bits per heavy atom. The standard InChI is InChI=1S/C8H7BrClNO3S/c1-3(12)11-6(8(13)14)5-2-4(9)7(10)15-5/h2,6H,1H3,(H,11,12)(H,13,14). The van der Waals surface area contributed by atoms with E-state index in [2.05, 4.69) is 21.2 Å². The van der Waals surface area contributed by atoms with Crippen LogP contribution in [0.1, 0.15) is 17.8 Å². The lowest BCUT2D eigenvalue weighted by atomic mass is 10.2. The molecule has 1 aromatic rings. The molecule has 1 atom stereocenters. The van der Waals surface area contributed by atoms with Crippen LogP contribution in [0.25, 0.3) is 0 Å². The molecular formula is C8H7BrClNO3S. The van der Waals surface area contributed by atoms with Gasteiger partial charge in [0.1, 0.15) is 4.34 Å². The van der Waals surface area contributed by atoms with Crippen LogP contribution in [0.2, 0.25) is 4.34 Å². The molecule has 0 aliphatic carbocycles. The molecule has 0 fully saturated rings. The Kier molecular flexibility index (Phi) is 4.12. The molecule has 0 spiro atoms. The Bertz CT molecular complexity index is 387. The van der Waals surface area contributed by atoms with Gasteiger partial charge in [0.2, 0.25) is 5.91 Å². The van der Waals surface area contributed by atoms with Crippen LogP contribution in [-0.2, 0) is 9.59 Å². The van der Waals surface area contributed by atoms with Gasteiger partial charge < -0.3 is 10.4 Å². The molecule has 0 aliphatic heterocycles. The lowest BCUT2D eigenvalue weighted by Crippen LogP contribution is -2.31. The van der Waals surface area contributed by atoms with E-state index in [9.17, 15) is 9.59 Å². The minimum absolute atomic E-state index is 0.400. The van der Waals surface area contributed by atoms with E-state index in [1.807, 2.05) is 0 Å². The van der Waals surface area contributed by atoms with Gasteiger partial charge in [-0.1, -0.05) is 11.6 Å². The molecule has 1 heterocycles. The number of carbonyl (C=O) groups excluding carboxylic acids is 1. The summed E-state index contributed by atoms with van der Waals surface area (Å²) in [5, 5.41) is 11.2. The van der Waals surface area contributed by atoms with E-state index in [0.29, 0.717) is 13.7 Å². The smallest absolute Gasteiger partial charge is 0.331 e. The molecule has 0 radical (unpaired) electrons. The van der Waals surface area contributed by atoms with Crippen LogP contribution in [0, 0.1) is 0 Å². The number of aliphatic carboxylic acids is 1. The highest BCUT2D eigenvalue weighted by atomic mass is 79.9. The summed E-state index contributed by atoms with van der Waals surface area (Å²) < 4.78 is 1.09. The minimum Gasteiger partial charge on any atom is -0.479 e. The number of hydrogen-bond donors (Lipinski definition) is 2. The fraction of sp³-hybridized carbons (Fsp3) is 0.250. The first-order valence-electron chi connectivity index (χ1n) is 3.86. The van der Waals surface area contributed by atoms with E-state index in [4.69, 9.17) is 16.7 Å². The van der Waals surface area contributed by atoms with E-state index >= 15 is 0 Å². The second kappa shape index (κ2) is 4.96. The first kappa shape index (κ1) is 12.5. The van der Waals surface area contributed by atoms with Crippen molar-refractivity contribution < 1.29 is 14.7 Å². The Labute approximate surface area is 103 Å². The second-order valence-electron chi connectivity index (χ2n) is 2.74. The number of carboxylic acid groups (broad SMARTS) is 1. The molecule has 7 heteroatoms. The van der Waals surface area contributed by atoms with Gasteiger partial charge in [0.25, 0.3) is 0 Å². The average Bonchev–Trinajstić information content (AvgIpc) is 2.42. The largest absolute Gasteiger partial charge is 0.479 e. The van der Waals surface area contributed by atoms with Crippen LogP contribution in [-0.4, -0.2) is 17.0 Å². The zero-order valence-electron chi connectivity index (χ0n) is 7.58. The van der Waals surface area contributed by atoms with Gasteiger partial charge in [-0.25, -0.2) is 4.79 Å². The molecule has 1 amide bonds. The molecule has 0 bridgehead atoms. The van der Waals surface area contributed by atoms with E-state index in [-0.39, 0.29) is 0 Å². The summed E-state index contributed by atoms with van der Waals surface area (Å²) in [5.41, 5.74) is 0. The van der Waals surface area contributed by atoms with Crippen molar-refractivity contribution in [3.05, 3.63) is 19.8 Å². The summed E-state index contributed by atoms with van der Waals surface area (Å²) >= 11 is 10.1. The van der Waals surface area contributed by atoms with Crippen LogP contribution < -0.4 is 5.32 Å². The minimum atomic E-state index is -1.12. The van der Waals surface area contributed by atoms with Gasteiger partial charge in [-0.05, 0) is 22.0 Å². The van der Waals surface area contributed by atoms with Crippen molar-refractivity contribution in [2.24, 2.45) is 0 Å². The van der Waals surface area contributed by atoms with E-state index < -0.39 is 17.9 Å². The molecule has 4 nitrogen and oxygen atoms in total. The molecular weight excluding hydrogens is 306 g/mol. The van der Waals surface area contributed by atoms with Crippen molar-refractivity contribution in [3.63, 3.8) is 0 Å². The fourth-order valence-electron chi connectivity index (χ4n) is 0.963. The maximum Gasteiger partial charge on any atom is 0.331 e. The lowest BCUT2D eigenvalue weighted by Gasteiger charge is -2.10. The number of carbonyl (C=O) groups is 2. The highest BCUT2D eigenvalue weighted by molar-refractivity contribution is 9.10. The maximum absolute atomic E-state index is 10.9. The Balaban J connectivity index is 2.99. The van der Waals surface area contributed by atoms with E-state index in [0.717, 1.165) is 11.3 Å². The predicted octanol–water partition coefficient (Wildman–Crippen LogP) is 2.43. The molecule has 0 saturated carbocycles. The fourth-order valence-corrected chi connectivity index (χ4v) is 2.74. The molecule has 82 valence electrons. The number of thiophene rings is 1. The third-order valence-electron chi connectivity index (χ3n) is 1.54. The third-order valence-corrected chi connectivity index (χ3v) is 4.08. The molecule has 0 saturated heterocycles. The third kappa shape index (κ3) is 3.19. The van der Waals surface area contributed by atoms with Crippen molar-refractivity contribution in [1.82, 2.24) is 5.32 Å². The highest BCUT2D eigenvalue weighted by Crippen LogP contribution is 2.35. The number of nitrogens with one attached hydrogen (secondary N) is 1. The Morgan fingerprint density at radius 2 is 2.27 bits per heavy atom. The molecule has 1 rings (SSSR count). The normalized spacial score (nSPS) is 12.2. The topological polar surface area (TPSA) is 66.4 Å². The first-order valence-corrected chi connectivity index (χ1v) is 5.85. The van der Waals surface area contributed by atoms with Gasteiger partial charge in [0.15, 0.2) is 6.04 Å². The Hall–Kier alpha value is -0.590. The molecule has 15 heavy (non-hydrogen) atoms. The molecule has 0 aliphatic rings. The van der Waals surface area contributed by atoms with E-state index in [1.54, 1.807) is 6.07 Å². The average molecular weight is 313 g/mol. The zero-order chi connectivity index (χ0) is 11.6. The zero-order valence-corrected chi connectivity index (χ0v) is 10.7. The SMILES string of the molecule is CC(=O)NC(C(=O)O)c1cc(Br)c(Cl)s1. The van der Waals surface area contributed by atoms with Crippen LogP contribution in [0.5, 0.6) is 0 Å². The monoisotopic (exact) mass is 311 g/mol. The Morgan fingerprint density at radius 1 is 1.67 bits per heavy atom.